The minimum atomic E-state index is 0.0480. The van der Waals surface area contributed by atoms with Crippen LogP contribution in [-0.4, -0.2) is 5.88 Å². The van der Waals surface area contributed by atoms with Gasteiger partial charge in [-0.15, -0.1) is 29.5 Å². The monoisotopic (exact) mass is 200 g/mol. The van der Waals surface area contributed by atoms with E-state index >= 15 is 0 Å². The smallest absolute Gasteiger partial charge is 0.0315 e. The summed E-state index contributed by atoms with van der Waals surface area (Å²) in [5.74, 6) is 0.633. The highest BCUT2D eigenvalue weighted by molar-refractivity contribution is 7.09. The van der Waals surface area contributed by atoms with Crippen molar-refractivity contribution >= 4 is 22.9 Å². The molecule has 0 N–H and O–H groups in total. The van der Waals surface area contributed by atoms with E-state index in [1.807, 2.05) is 6.08 Å². The molecule has 1 aromatic rings. The second-order valence-corrected chi connectivity index (χ2v) is 4.55. The maximum atomic E-state index is 5.86. The summed E-state index contributed by atoms with van der Waals surface area (Å²) in [5.41, 5.74) is 0.0480. The van der Waals surface area contributed by atoms with Crippen LogP contribution in [0.4, 0.5) is 0 Å². The zero-order valence-corrected chi connectivity index (χ0v) is 8.79. The molecular formula is C10H13ClS. The zero-order chi connectivity index (χ0) is 9.03. The Balaban J connectivity index is 2.66. The molecule has 2 heteroatoms. The predicted molar refractivity (Wildman–Crippen MR) is 57.0 cm³/mol. The van der Waals surface area contributed by atoms with E-state index in [4.69, 9.17) is 11.6 Å². The molecule has 0 aromatic carbocycles. The summed E-state index contributed by atoms with van der Waals surface area (Å²) in [4.78, 5) is 1.37. The van der Waals surface area contributed by atoms with Gasteiger partial charge in [-0.3, -0.25) is 0 Å². The molecule has 0 radical (unpaired) electrons. The van der Waals surface area contributed by atoms with Gasteiger partial charge in [0.15, 0.2) is 0 Å². The SMILES string of the molecule is C=CC(C)(CCl)Cc1cccs1. The largest absolute Gasteiger partial charge is 0.149 e. The van der Waals surface area contributed by atoms with E-state index in [-0.39, 0.29) is 5.41 Å². The Morgan fingerprint density at radius 2 is 2.50 bits per heavy atom. The van der Waals surface area contributed by atoms with E-state index in [1.54, 1.807) is 11.3 Å². The van der Waals surface area contributed by atoms with Crippen molar-refractivity contribution in [2.24, 2.45) is 5.41 Å². The molecule has 0 amide bonds. The van der Waals surface area contributed by atoms with Crippen molar-refractivity contribution in [1.29, 1.82) is 0 Å². The minimum Gasteiger partial charge on any atom is -0.149 e. The lowest BCUT2D eigenvalue weighted by Gasteiger charge is -2.21. The minimum absolute atomic E-state index is 0.0480. The summed E-state index contributed by atoms with van der Waals surface area (Å²) < 4.78 is 0. The molecule has 66 valence electrons. The summed E-state index contributed by atoms with van der Waals surface area (Å²) in [6.07, 6.45) is 2.94. The quantitative estimate of drug-likeness (QED) is 0.514. The fourth-order valence-electron chi connectivity index (χ4n) is 0.985. The topological polar surface area (TPSA) is 0 Å². The lowest BCUT2D eigenvalue weighted by atomic mass is 9.89. The number of rotatable bonds is 4. The van der Waals surface area contributed by atoms with Gasteiger partial charge in [0.2, 0.25) is 0 Å². The van der Waals surface area contributed by atoms with Gasteiger partial charge in [-0.05, 0) is 17.9 Å². The van der Waals surface area contributed by atoms with Crippen molar-refractivity contribution in [2.45, 2.75) is 13.3 Å². The summed E-state index contributed by atoms with van der Waals surface area (Å²) >= 11 is 7.63. The number of hydrogen-bond donors (Lipinski definition) is 0. The van der Waals surface area contributed by atoms with Crippen LogP contribution in [0, 0.1) is 5.41 Å². The third-order valence-corrected chi connectivity index (χ3v) is 3.44. The van der Waals surface area contributed by atoms with Gasteiger partial charge in [0.1, 0.15) is 0 Å². The number of allylic oxidation sites excluding steroid dienone is 1. The van der Waals surface area contributed by atoms with Crippen LogP contribution in [0.1, 0.15) is 11.8 Å². The molecule has 0 aliphatic heterocycles. The highest BCUT2D eigenvalue weighted by Gasteiger charge is 2.19. The van der Waals surface area contributed by atoms with Crippen LogP contribution in [0.15, 0.2) is 30.2 Å². The lowest BCUT2D eigenvalue weighted by Crippen LogP contribution is -2.17. The van der Waals surface area contributed by atoms with E-state index in [9.17, 15) is 0 Å². The van der Waals surface area contributed by atoms with Gasteiger partial charge < -0.3 is 0 Å². The molecule has 0 nitrogen and oxygen atoms in total. The predicted octanol–water partition coefficient (Wildman–Crippen LogP) is 3.72. The Morgan fingerprint density at radius 1 is 1.75 bits per heavy atom. The highest BCUT2D eigenvalue weighted by Crippen LogP contribution is 2.27. The Bertz CT molecular complexity index is 240. The van der Waals surface area contributed by atoms with Gasteiger partial charge in [-0.1, -0.05) is 19.1 Å². The van der Waals surface area contributed by atoms with Crippen LogP contribution < -0.4 is 0 Å². The number of hydrogen-bond acceptors (Lipinski definition) is 1. The molecule has 1 heterocycles. The average molecular weight is 201 g/mol. The number of halogens is 1. The van der Waals surface area contributed by atoms with Gasteiger partial charge in [0, 0.05) is 16.2 Å². The van der Waals surface area contributed by atoms with Crippen molar-refractivity contribution in [3.8, 4) is 0 Å². The maximum Gasteiger partial charge on any atom is 0.0315 e. The standard InChI is InChI=1S/C10H13ClS/c1-3-10(2,8-11)7-9-5-4-6-12-9/h3-6H,1,7-8H2,2H3. The second kappa shape index (κ2) is 4.11. The van der Waals surface area contributed by atoms with E-state index in [0.717, 1.165) is 6.42 Å². The van der Waals surface area contributed by atoms with E-state index in [0.29, 0.717) is 5.88 Å². The molecule has 0 aliphatic rings. The van der Waals surface area contributed by atoms with Gasteiger partial charge in [0.05, 0.1) is 0 Å². The molecule has 1 rings (SSSR count). The van der Waals surface area contributed by atoms with Crippen molar-refractivity contribution in [3.05, 3.63) is 35.0 Å². The molecule has 0 saturated heterocycles. The maximum absolute atomic E-state index is 5.86. The Hall–Kier alpha value is -0.270. The third-order valence-electron chi connectivity index (χ3n) is 1.96. The molecule has 0 aliphatic carbocycles. The van der Waals surface area contributed by atoms with Crippen LogP contribution >= 0.6 is 22.9 Å². The molecule has 12 heavy (non-hydrogen) atoms. The van der Waals surface area contributed by atoms with Crippen molar-refractivity contribution < 1.29 is 0 Å². The van der Waals surface area contributed by atoms with Crippen molar-refractivity contribution in [3.63, 3.8) is 0 Å². The molecule has 1 unspecified atom stereocenters. The fourth-order valence-corrected chi connectivity index (χ4v) is 2.09. The lowest BCUT2D eigenvalue weighted by molar-refractivity contribution is 0.490. The zero-order valence-electron chi connectivity index (χ0n) is 7.22. The Kier molecular flexibility index (Phi) is 3.36. The summed E-state index contributed by atoms with van der Waals surface area (Å²) in [5, 5.41) is 2.09. The normalized spacial score (nSPS) is 15.5. The number of alkyl halides is 1. The Labute approximate surface area is 82.9 Å². The molecule has 1 aromatic heterocycles. The molecule has 0 bridgehead atoms. The molecule has 1 atom stereocenters. The van der Waals surface area contributed by atoms with Crippen LogP contribution in [0.5, 0.6) is 0 Å². The summed E-state index contributed by atoms with van der Waals surface area (Å²) in [6.45, 7) is 5.94. The van der Waals surface area contributed by atoms with Crippen molar-refractivity contribution in [2.75, 3.05) is 5.88 Å². The number of thiophene rings is 1. The van der Waals surface area contributed by atoms with Crippen LogP contribution in [0.2, 0.25) is 0 Å². The van der Waals surface area contributed by atoms with Gasteiger partial charge in [0.25, 0.3) is 0 Å². The molecular weight excluding hydrogens is 188 g/mol. The average Bonchev–Trinajstić information content (AvgIpc) is 2.57. The van der Waals surface area contributed by atoms with E-state index < -0.39 is 0 Å². The fraction of sp³-hybridized carbons (Fsp3) is 0.400. The molecule has 0 saturated carbocycles. The first-order chi connectivity index (χ1) is 5.70. The van der Waals surface area contributed by atoms with E-state index in [2.05, 4.69) is 31.0 Å². The van der Waals surface area contributed by atoms with Crippen LogP contribution in [0.3, 0.4) is 0 Å². The first-order valence-corrected chi connectivity index (χ1v) is 5.33. The van der Waals surface area contributed by atoms with Gasteiger partial charge in [-0.25, -0.2) is 0 Å². The second-order valence-electron chi connectivity index (χ2n) is 3.25. The first kappa shape index (κ1) is 9.82. The summed E-state index contributed by atoms with van der Waals surface area (Å²) in [7, 11) is 0. The van der Waals surface area contributed by atoms with Gasteiger partial charge >= 0.3 is 0 Å². The molecule has 0 fully saturated rings. The van der Waals surface area contributed by atoms with Crippen LogP contribution in [0.25, 0.3) is 0 Å². The van der Waals surface area contributed by atoms with Crippen LogP contribution in [-0.2, 0) is 6.42 Å². The first-order valence-electron chi connectivity index (χ1n) is 3.92. The highest BCUT2D eigenvalue weighted by atomic mass is 35.5. The molecule has 0 spiro atoms. The van der Waals surface area contributed by atoms with Gasteiger partial charge in [-0.2, -0.15) is 0 Å². The van der Waals surface area contributed by atoms with Crippen molar-refractivity contribution in [1.82, 2.24) is 0 Å². The Morgan fingerprint density at radius 3 is 2.92 bits per heavy atom. The summed E-state index contributed by atoms with van der Waals surface area (Å²) in [6, 6.07) is 4.21. The third kappa shape index (κ3) is 2.36. The van der Waals surface area contributed by atoms with E-state index in [1.165, 1.54) is 4.88 Å².